The van der Waals surface area contributed by atoms with E-state index in [-0.39, 0.29) is 12.1 Å². The van der Waals surface area contributed by atoms with Gasteiger partial charge < -0.3 is 15.8 Å². The number of rotatable bonds is 2. The van der Waals surface area contributed by atoms with Crippen LogP contribution in [0.3, 0.4) is 0 Å². The summed E-state index contributed by atoms with van der Waals surface area (Å²) in [6, 6.07) is 0.236. The number of nitrogens with two attached hydrogens (primary N) is 1. The maximum Gasteiger partial charge on any atom is 0.407 e. The maximum absolute atomic E-state index is 11.3. The van der Waals surface area contributed by atoms with Gasteiger partial charge in [-0.25, -0.2) is 4.79 Å². The third-order valence-electron chi connectivity index (χ3n) is 2.63. The lowest BCUT2D eigenvalue weighted by Gasteiger charge is -2.21. The molecule has 0 radical (unpaired) electrons. The predicted octanol–water partition coefficient (Wildman–Crippen LogP) is 1.64. The first kappa shape index (κ1) is 12.3. The van der Waals surface area contributed by atoms with Gasteiger partial charge in [0.05, 0.1) is 0 Å². The van der Waals surface area contributed by atoms with Crippen molar-refractivity contribution in [1.29, 1.82) is 0 Å². The van der Waals surface area contributed by atoms with Crippen LogP contribution in [-0.2, 0) is 4.74 Å². The fraction of sp³-hybridized carbons (Fsp3) is 0.909. The molecule has 0 aromatic heterocycles. The molecule has 0 unspecified atom stereocenters. The molecule has 0 bridgehead atoms. The number of hydrogen-bond acceptors (Lipinski definition) is 3. The Morgan fingerprint density at radius 1 is 1.47 bits per heavy atom. The summed E-state index contributed by atoms with van der Waals surface area (Å²) in [5.41, 5.74) is 5.47. The Balaban J connectivity index is 2.22. The number of alkyl carbamates (subject to hydrolysis) is 1. The predicted molar refractivity (Wildman–Crippen MR) is 59.6 cm³/mol. The fourth-order valence-electron chi connectivity index (χ4n) is 1.85. The highest BCUT2D eigenvalue weighted by Crippen LogP contribution is 2.23. The Morgan fingerprint density at radius 2 is 2.13 bits per heavy atom. The molecule has 0 aromatic rings. The molecule has 1 aliphatic carbocycles. The van der Waals surface area contributed by atoms with Gasteiger partial charge in [0.1, 0.15) is 5.60 Å². The zero-order chi connectivity index (χ0) is 11.5. The molecule has 0 heterocycles. The van der Waals surface area contributed by atoms with Crippen LogP contribution in [0.15, 0.2) is 0 Å². The fourth-order valence-corrected chi connectivity index (χ4v) is 1.85. The molecular formula is C11H22N2O2. The number of amides is 1. The van der Waals surface area contributed by atoms with Crippen molar-refractivity contribution in [3.63, 3.8) is 0 Å². The van der Waals surface area contributed by atoms with E-state index in [0.717, 1.165) is 12.8 Å². The zero-order valence-electron chi connectivity index (χ0n) is 9.88. The molecule has 15 heavy (non-hydrogen) atoms. The average molecular weight is 214 g/mol. The van der Waals surface area contributed by atoms with E-state index in [9.17, 15) is 4.79 Å². The van der Waals surface area contributed by atoms with Gasteiger partial charge in [0.15, 0.2) is 0 Å². The average Bonchev–Trinajstić information content (AvgIpc) is 2.44. The van der Waals surface area contributed by atoms with Gasteiger partial charge in [0.25, 0.3) is 0 Å². The van der Waals surface area contributed by atoms with Gasteiger partial charge in [-0.2, -0.15) is 0 Å². The number of ether oxygens (including phenoxy) is 1. The summed E-state index contributed by atoms with van der Waals surface area (Å²) in [5, 5.41) is 2.77. The molecule has 88 valence electrons. The van der Waals surface area contributed by atoms with E-state index in [1.165, 1.54) is 6.42 Å². The second-order valence-electron chi connectivity index (χ2n) is 5.24. The van der Waals surface area contributed by atoms with Crippen molar-refractivity contribution in [2.45, 2.75) is 51.7 Å². The molecule has 1 fully saturated rings. The minimum Gasteiger partial charge on any atom is -0.444 e. The summed E-state index contributed by atoms with van der Waals surface area (Å²) in [6.07, 6.45) is 3.00. The van der Waals surface area contributed by atoms with Crippen LogP contribution in [0.1, 0.15) is 40.0 Å². The van der Waals surface area contributed by atoms with Crippen molar-refractivity contribution in [2.75, 3.05) is 6.54 Å². The monoisotopic (exact) mass is 214 g/mol. The molecule has 3 N–H and O–H groups in total. The van der Waals surface area contributed by atoms with Gasteiger partial charge in [0.2, 0.25) is 0 Å². The quantitative estimate of drug-likeness (QED) is 0.734. The van der Waals surface area contributed by atoms with Crippen LogP contribution in [0.2, 0.25) is 0 Å². The first-order valence-corrected chi connectivity index (χ1v) is 5.61. The summed E-state index contributed by atoms with van der Waals surface area (Å²) >= 11 is 0. The van der Waals surface area contributed by atoms with Crippen LogP contribution in [0.25, 0.3) is 0 Å². The zero-order valence-corrected chi connectivity index (χ0v) is 9.88. The molecular weight excluding hydrogens is 192 g/mol. The number of nitrogens with one attached hydrogen (secondary N) is 1. The van der Waals surface area contributed by atoms with E-state index >= 15 is 0 Å². The summed E-state index contributed by atoms with van der Waals surface area (Å²) in [6.45, 7) is 6.20. The van der Waals surface area contributed by atoms with Crippen molar-refractivity contribution in [1.82, 2.24) is 5.32 Å². The van der Waals surface area contributed by atoms with Gasteiger partial charge in [-0.3, -0.25) is 0 Å². The van der Waals surface area contributed by atoms with Gasteiger partial charge >= 0.3 is 6.09 Å². The van der Waals surface area contributed by atoms with E-state index in [1.807, 2.05) is 20.8 Å². The summed E-state index contributed by atoms with van der Waals surface area (Å²) < 4.78 is 5.14. The van der Waals surface area contributed by atoms with E-state index in [0.29, 0.717) is 12.5 Å². The molecule has 1 amide bonds. The third-order valence-corrected chi connectivity index (χ3v) is 2.63. The number of hydrogen-bond donors (Lipinski definition) is 2. The van der Waals surface area contributed by atoms with Crippen molar-refractivity contribution >= 4 is 6.09 Å². The lowest BCUT2D eigenvalue weighted by atomic mass is 10.1. The van der Waals surface area contributed by atoms with Crippen molar-refractivity contribution in [3.8, 4) is 0 Å². The Morgan fingerprint density at radius 3 is 2.60 bits per heavy atom. The molecule has 4 nitrogen and oxygen atoms in total. The largest absolute Gasteiger partial charge is 0.444 e. The summed E-state index contributed by atoms with van der Waals surface area (Å²) in [4.78, 5) is 11.3. The van der Waals surface area contributed by atoms with Crippen LogP contribution in [-0.4, -0.2) is 24.3 Å². The molecule has 4 heteroatoms. The van der Waals surface area contributed by atoms with Crippen LogP contribution >= 0.6 is 0 Å². The SMILES string of the molecule is CC(C)(C)OC(=O)NC[C@H]1CCC[C@@H]1N. The molecule has 0 saturated heterocycles. The van der Waals surface area contributed by atoms with E-state index in [1.54, 1.807) is 0 Å². The highest BCUT2D eigenvalue weighted by molar-refractivity contribution is 5.67. The number of carbonyl (C=O) groups excluding carboxylic acids is 1. The van der Waals surface area contributed by atoms with E-state index < -0.39 is 5.60 Å². The van der Waals surface area contributed by atoms with Gasteiger partial charge in [-0.1, -0.05) is 6.42 Å². The highest BCUT2D eigenvalue weighted by Gasteiger charge is 2.25. The lowest BCUT2D eigenvalue weighted by molar-refractivity contribution is 0.0518. The third kappa shape index (κ3) is 4.51. The van der Waals surface area contributed by atoms with E-state index in [2.05, 4.69) is 5.32 Å². The van der Waals surface area contributed by atoms with Gasteiger partial charge in [0, 0.05) is 12.6 Å². The van der Waals surface area contributed by atoms with E-state index in [4.69, 9.17) is 10.5 Å². The maximum atomic E-state index is 11.3. The molecule has 2 atom stereocenters. The minimum atomic E-state index is -0.429. The molecule has 0 spiro atoms. The normalized spacial score (nSPS) is 26.4. The van der Waals surface area contributed by atoms with Gasteiger partial charge in [-0.05, 0) is 39.5 Å². The van der Waals surface area contributed by atoms with Crippen molar-refractivity contribution < 1.29 is 9.53 Å². The minimum absolute atomic E-state index is 0.236. The first-order valence-electron chi connectivity index (χ1n) is 5.61. The smallest absolute Gasteiger partial charge is 0.407 e. The van der Waals surface area contributed by atoms with Crippen molar-refractivity contribution in [3.05, 3.63) is 0 Å². The lowest BCUT2D eigenvalue weighted by Crippen LogP contribution is -2.38. The van der Waals surface area contributed by atoms with Crippen molar-refractivity contribution in [2.24, 2.45) is 11.7 Å². The number of carbonyl (C=O) groups is 1. The highest BCUT2D eigenvalue weighted by atomic mass is 16.6. The second kappa shape index (κ2) is 4.84. The first-order chi connectivity index (χ1) is 6.88. The molecule has 0 aliphatic heterocycles. The van der Waals surface area contributed by atoms with Crippen LogP contribution in [0, 0.1) is 5.92 Å². The Kier molecular flexibility index (Phi) is 3.97. The van der Waals surface area contributed by atoms with Crippen LogP contribution in [0.4, 0.5) is 4.79 Å². The Hall–Kier alpha value is -0.770. The van der Waals surface area contributed by atoms with Crippen LogP contribution in [0.5, 0.6) is 0 Å². The molecule has 1 rings (SSSR count). The summed E-state index contributed by atoms with van der Waals surface area (Å²) in [5.74, 6) is 0.414. The Bertz CT molecular complexity index is 223. The molecule has 1 aliphatic rings. The topological polar surface area (TPSA) is 64.3 Å². The molecule has 0 aromatic carbocycles. The summed E-state index contributed by atoms with van der Waals surface area (Å²) in [7, 11) is 0. The second-order valence-corrected chi connectivity index (χ2v) is 5.24. The standard InChI is InChI=1S/C11H22N2O2/c1-11(2,3)15-10(14)13-7-8-5-4-6-9(8)12/h8-9H,4-7,12H2,1-3H3,(H,13,14)/t8-,9+/m1/s1. The Labute approximate surface area is 91.5 Å². The van der Waals surface area contributed by atoms with Gasteiger partial charge in [-0.15, -0.1) is 0 Å². The van der Waals surface area contributed by atoms with Crippen LogP contribution < -0.4 is 11.1 Å². The molecule has 1 saturated carbocycles.